The molecule has 0 spiro atoms. The lowest BCUT2D eigenvalue weighted by Gasteiger charge is -2.30. The first-order valence-corrected chi connectivity index (χ1v) is 17.3. The number of aromatic nitrogens is 4. The summed E-state index contributed by atoms with van der Waals surface area (Å²) < 4.78 is 42.4. The Kier molecular flexibility index (Phi) is 9.81. The number of hydrogen-bond donors (Lipinski definition) is 0. The summed E-state index contributed by atoms with van der Waals surface area (Å²) in [5, 5.41) is 8.98. The number of carbonyl (C=O) groups is 1. The van der Waals surface area contributed by atoms with Gasteiger partial charge in [0.25, 0.3) is 8.53 Å². The molecule has 0 radical (unpaired) electrons. The van der Waals surface area contributed by atoms with Crippen LogP contribution in [0.4, 0.5) is 0 Å². The second-order valence-electron chi connectivity index (χ2n) is 13.3. The molecule has 3 saturated heterocycles. The molecule has 252 valence electrons. The zero-order valence-corrected chi connectivity index (χ0v) is 28.7. The van der Waals surface area contributed by atoms with E-state index in [1.54, 1.807) is 38.6 Å². The van der Waals surface area contributed by atoms with Crippen molar-refractivity contribution in [3.8, 4) is 11.9 Å². The molecule has 2 aromatic heterocycles. The van der Waals surface area contributed by atoms with Gasteiger partial charge in [-0.15, -0.1) is 0 Å². The molecule has 5 heterocycles. The molecule has 1 unspecified atom stereocenters. The predicted molar refractivity (Wildman–Crippen MR) is 172 cm³/mol. The van der Waals surface area contributed by atoms with Crippen molar-refractivity contribution >= 4 is 25.7 Å². The summed E-state index contributed by atoms with van der Waals surface area (Å²) in [5.41, 5.74) is 0.826. The van der Waals surface area contributed by atoms with Gasteiger partial charge in [0.05, 0.1) is 36.4 Å². The third kappa shape index (κ3) is 6.60. The van der Waals surface area contributed by atoms with Crippen LogP contribution < -0.4 is 4.74 Å². The molecule has 6 rings (SSSR count). The highest BCUT2D eigenvalue weighted by molar-refractivity contribution is 7.45. The molecule has 3 aromatic rings. The summed E-state index contributed by atoms with van der Waals surface area (Å²) >= 11 is 0. The number of rotatable bonds is 11. The van der Waals surface area contributed by atoms with Crippen LogP contribution in [0.3, 0.4) is 0 Å². The van der Waals surface area contributed by atoms with E-state index in [4.69, 9.17) is 33.3 Å². The van der Waals surface area contributed by atoms with Gasteiger partial charge < -0.3 is 28.0 Å². The molecule has 0 saturated carbocycles. The molecule has 13 nitrogen and oxygen atoms in total. The van der Waals surface area contributed by atoms with E-state index in [1.165, 1.54) is 0 Å². The largest absolute Gasteiger partial charge is 0.475 e. The first kappa shape index (κ1) is 33.7. The maximum atomic E-state index is 12.7. The monoisotopic (exact) mass is 666 g/mol. The van der Waals surface area contributed by atoms with Crippen LogP contribution in [-0.2, 0) is 33.7 Å². The quantitative estimate of drug-likeness (QED) is 0.107. The van der Waals surface area contributed by atoms with Gasteiger partial charge in [0.1, 0.15) is 30.2 Å². The minimum Gasteiger partial charge on any atom is -0.475 e. The predicted octanol–water partition coefficient (Wildman–Crippen LogP) is 5.69. The zero-order valence-electron chi connectivity index (χ0n) is 27.8. The summed E-state index contributed by atoms with van der Waals surface area (Å²) in [7, 11) is -1.47. The fraction of sp³-hybridized carbons (Fsp3) is 0.606. The van der Waals surface area contributed by atoms with E-state index in [0.29, 0.717) is 29.3 Å². The lowest BCUT2D eigenvalue weighted by Crippen LogP contribution is -2.38. The number of nitriles is 1. The minimum absolute atomic E-state index is 0.177. The fourth-order valence-electron chi connectivity index (χ4n) is 6.40. The number of ether oxygens (including phenoxy) is 4. The van der Waals surface area contributed by atoms with Gasteiger partial charge in [-0.3, -0.25) is 9.36 Å². The molecule has 3 aliphatic heterocycles. The second-order valence-corrected chi connectivity index (χ2v) is 14.6. The van der Waals surface area contributed by atoms with Gasteiger partial charge in [0, 0.05) is 6.54 Å². The lowest BCUT2D eigenvalue weighted by molar-refractivity contribution is -0.178. The summed E-state index contributed by atoms with van der Waals surface area (Å²) in [6.45, 7) is 12.1. The molecule has 3 fully saturated rings. The van der Waals surface area contributed by atoms with Gasteiger partial charge >= 0.3 is 5.97 Å². The third-order valence-electron chi connectivity index (χ3n) is 8.88. The average molecular weight is 667 g/mol. The third-order valence-corrected chi connectivity index (χ3v) is 10.7. The van der Waals surface area contributed by atoms with E-state index in [1.807, 2.05) is 25.1 Å². The van der Waals surface area contributed by atoms with E-state index < -0.39 is 38.0 Å². The van der Waals surface area contributed by atoms with Crippen LogP contribution in [0.1, 0.15) is 77.9 Å². The zero-order chi connectivity index (χ0) is 33.3. The van der Waals surface area contributed by atoms with E-state index >= 15 is 0 Å². The molecular weight excluding hydrogens is 623 g/mol. The molecule has 0 aliphatic carbocycles. The fourth-order valence-corrected chi connectivity index (χ4v) is 8.56. The number of imidazole rings is 1. The molecular formula is C33H43N6O7P. The van der Waals surface area contributed by atoms with E-state index in [0.717, 1.165) is 24.9 Å². The van der Waals surface area contributed by atoms with Crippen molar-refractivity contribution < 1.29 is 32.8 Å². The maximum Gasteiger partial charge on any atom is 0.313 e. The van der Waals surface area contributed by atoms with Crippen molar-refractivity contribution in [1.82, 2.24) is 24.2 Å². The molecule has 1 aromatic carbocycles. The van der Waals surface area contributed by atoms with Gasteiger partial charge in [-0.05, 0) is 59.4 Å². The van der Waals surface area contributed by atoms with Crippen LogP contribution in [0.25, 0.3) is 11.2 Å². The van der Waals surface area contributed by atoms with Gasteiger partial charge in [-0.25, -0.2) is 14.6 Å². The number of fused-ring (bicyclic) bond motifs is 2. The maximum absolute atomic E-state index is 12.7. The highest BCUT2D eigenvalue weighted by atomic mass is 31.2. The van der Waals surface area contributed by atoms with Crippen LogP contribution in [0.2, 0.25) is 0 Å². The first-order valence-electron chi connectivity index (χ1n) is 16.2. The van der Waals surface area contributed by atoms with Crippen LogP contribution in [-0.4, -0.2) is 74.5 Å². The number of nitrogens with zero attached hydrogens (tertiary/aromatic N) is 6. The van der Waals surface area contributed by atoms with Gasteiger partial charge in [0.2, 0.25) is 5.88 Å². The number of benzene rings is 1. The summed E-state index contributed by atoms with van der Waals surface area (Å²) in [5.74, 6) is 0.387. The number of hydrogen-bond acceptors (Lipinski definition) is 12. The van der Waals surface area contributed by atoms with Gasteiger partial charge in [-0.2, -0.15) is 10.2 Å². The van der Waals surface area contributed by atoms with E-state index in [9.17, 15) is 4.79 Å². The Hall–Kier alpha value is -3.24. The van der Waals surface area contributed by atoms with Crippen molar-refractivity contribution in [2.45, 2.75) is 103 Å². The van der Waals surface area contributed by atoms with Crippen molar-refractivity contribution in [3.05, 3.63) is 48.0 Å². The Morgan fingerprint density at radius 1 is 1.21 bits per heavy atom. The molecule has 3 aliphatic rings. The van der Waals surface area contributed by atoms with E-state index in [-0.39, 0.29) is 37.9 Å². The van der Waals surface area contributed by atoms with Crippen molar-refractivity contribution in [3.63, 3.8) is 0 Å². The molecule has 0 amide bonds. The summed E-state index contributed by atoms with van der Waals surface area (Å²) in [4.78, 5) is 26.3. The Bertz CT molecular complexity index is 1610. The number of esters is 1. The summed E-state index contributed by atoms with van der Waals surface area (Å²) in [6.07, 6.45) is 2.17. The SMILES string of the molecule is CC[C@H]1O[C@@H](n2cnc3c(OCCC#N)nc(C)nc32)[C@@H](OCOC(=O)C(C)(C)C)C1O[P@]1O[C@@](C)(c2ccccc2)[C@H]2CCCN21. The number of aryl methyl sites for hydroxylation is 1. The topological polar surface area (TPSA) is 143 Å². The molecule has 7 atom stereocenters. The highest BCUT2D eigenvalue weighted by Gasteiger charge is 2.58. The normalized spacial score (nSPS) is 29.2. The minimum atomic E-state index is -1.47. The molecule has 0 bridgehead atoms. The summed E-state index contributed by atoms with van der Waals surface area (Å²) in [6, 6.07) is 12.6. The second kappa shape index (κ2) is 13.7. The first-order chi connectivity index (χ1) is 22.5. The molecule has 47 heavy (non-hydrogen) atoms. The van der Waals surface area contributed by atoms with E-state index in [2.05, 4.69) is 44.7 Å². The van der Waals surface area contributed by atoms with Crippen LogP contribution in [0, 0.1) is 23.7 Å². The Labute approximate surface area is 276 Å². The van der Waals surface area contributed by atoms with Crippen LogP contribution in [0.5, 0.6) is 5.88 Å². The Balaban J connectivity index is 1.32. The van der Waals surface area contributed by atoms with Gasteiger partial charge in [-0.1, -0.05) is 37.3 Å². The molecule has 0 N–H and O–H groups in total. The standard InChI is InChI=1S/C33H43N6O7P/c1-7-23-26(45-47-39-17-11-15-24(39)33(6,46-47)22-13-9-8-10-14-22)27(42-20-43-31(40)32(3,4)5)30(44-23)38-19-35-25-28(38)36-21(2)37-29(25)41-18-12-16-34/h8-10,13-14,19,23-24,26-27,30H,7,11-12,15,17-18,20H2,1-6H3/t23-,24-,26?,27+,30-,33+,47-/m1/s1. The average Bonchev–Trinajstić information content (AvgIpc) is 3.82. The van der Waals surface area contributed by atoms with Gasteiger partial charge in [0.15, 0.2) is 24.2 Å². The van der Waals surface area contributed by atoms with Crippen LogP contribution >= 0.6 is 8.53 Å². The smallest absolute Gasteiger partial charge is 0.313 e. The number of carbonyl (C=O) groups excluding carboxylic acids is 1. The lowest BCUT2D eigenvalue weighted by atomic mass is 9.87. The van der Waals surface area contributed by atoms with Crippen molar-refractivity contribution in [1.29, 1.82) is 5.26 Å². The van der Waals surface area contributed by atoms with Crippen molar-refractivity contribution in [2.24, 2.45) is 5.41 Å². The Morgan fingerprint density at radius 2 is 2.00 bits per heavy atom. The Morgan fingerprint density at radius 3 is 2.72 bits per heavy atom. The van der Waals surface area contributed by atoms with Crippen LogP contribution in [0.15, 0.2) is 36.7 Å². The highest BCUT2D eigenvalue weighted by Crippen LogP contribution is 2.64. The van der Waals surface area contributed by atoms with Crippen molar-refractivity contribution in [2.75, 3.05) is 19.9 Å². The molecule has 14 heteroatoms.